The molecule has 0 aromatic carbocycles. The number of carbonyl (C=O) groups excluding carboxylic acids is 2. The van der Waals surface area contributed by atoms with Crippen LogP contribution >= 0.6 is 11.8 Å². The van der Waals surface area contributed by atoms with Crippen molar-refractivity contribution in [1.82, 2.24) is 15.2 Å². The third-order valence-corrected chi connectivity index (χ3v) is 6.61. The Labute approximate surface area is 162 Å². The van der Waals surface area contributed by atoms with Gasteiger partial charge in [0.2, 0.25) is 5.91 Å². The van der Waals surface area contributed by atoms with Gasteiger partial charge in [-0.3, -0.25) is 14.4 Å². The predicted molar refractivity (Wildman–Crippen MR) is 105 cm³/mol. The van der Waals surface area contributed by atoms with E-state index in [1.54, 1.807) is 17.8 Å². The van der Waals surface area contributed by atoms with Gasteiger partial charge in [-0.25, -0.2) is 0 Å². The quantitative estimate of drug-likeness (QED) is 0.667. The third-order valence-electron chi connectivity index (χ3n) is 5.23. The van der Waals surface area contributed by atoms with Crippen molar-refractivity contribution in [2.45, 2.75) is 62.4 Å². The number of thioether (sulfide) groups is 1. The van der Waals surface area contributed by atoms with Crippen molar-refractivity contribution in [1.29, 1.82) is 0 Å². The molecular formula is C19H27N3O4S. The first-order chi connectivity index (χ1) is 13.1. The van der Waals surface area contributed by atoms with E-state index in [1.807, 2.05) is 0 Å². The molecule has 27 heavy (non-hydrogen) atoms. The van der Waals surface area contributed by atoms with E-state index in [9.17, 15) is 14.4 Å². The van der Waals surface area contributed by atoms with Crippen molar-refractivity contribution in [2.75, 3.05) is 12.4 Å². The van der Waals surface area contributed by atoms with E-state index in [2.05, 4.69) is 10.6 Å². The zero-order valence-corrected chi connectivity index (χ0v) is 16.2. The van der Waals surface area contributed by atoms with Crippen LogP contribution in [0.25, 0.3) is 0 Å². The highest BCUT2D eigenvalue weighted by molar-refractivity contribution is 8.00. The molecule has 1 aliphatic carbocycles. The lowest BCUT2D eigenvalue weighted by Gasteiger charge is -2.33. The largest absolute Gasteiger partial charge is 0.395 e. The number of hydrogen-bond acceptors (Lipinski definition) is 5. The standard InChI is InChI=1S/C19H27N3O4S/c23-10-9-22-8-7-13(12-17(22)24)18(25)20-14-4-1-2-5-15(14)21-19(26)16-6-3-11-27-16/h7-8,12,14-16,23H,1-6,9-11H2,(H,20,25)(H,21,26)/t14-,15-,16?/m1/s1. The van der Waals surface area contributed by atoms with Crippen LogP contribution in [0.5, 0.6) is 0 Å². The van der Waals surface area contributed by atoms with Gasteiger partial charge in [0, 0.05) is 36.5 Å². The number of amides is 2. The van der Waals surface area contributed by atoms with Crippen molar-refractivity contribution in [3.8, 4) is 0 Å². The number of nitrogens with zero attached hydrogens (tertiary/aromatic N) is 1. The van der Waals surface area contributed by atoms with Crippen molar-refractivity contribution in [2.24, 2.45) is 0 Å². The number of hydrogen-bond donors (Lipinski definition) is 3. The van der Waals surface area contributed by atoms with Gasteiger partial charge >= 0.3 is 0 Å². The highest BCUT2D eigenvalue weighted by Crippen LogP contribution is 2.27. The number of aliphatic hydroxyl groups excluding tert-OH is 1. The third kappa shape index (κ3) is 5.13. The van der Waals surface area contributed by atoms with E-state index >= 15 is 0 Å². The summed E-state index contributed by atoms with van der Waals surface area (Å²) >= 11 is 1.70. The summed E-state index contributed by atoms with van der Waals surface area (Å²) in [6, 6.07) is 2.68. The maximum Gasteiger partial charge on any atom is 0.251 e. The van der Waals surface area contributed by atoms with Gasteiger partial charge in [-0.1, -0.05) is 12.8 Å². The van der Waals surface area contributed by atoms with Crippen LogP contribution in [0.1, 0.15) is 48.9 Å². The van der Waals surface area contributed by atoms with Crippen molar-refractivity contribution >= 4 is 23.6 Å². The Bertz CT molecular complexity index is 730. The smallest absolute Gasteiger partial charge is 0.251 e. The molecule has 3 atom stereocenters. The molecule has 1 aromatic rings. The monoisotopic (exact) mass is 393 g/mol. The minimum Gasteiger partial charge on any atom is -0.395 e. The van der Waals surface area contributed by atoms with Crippen LogP contribution in [0.3, 0.4) is 0 Å². The summed E-state index contributed by atoms with van der Waals surface area (Å²) in [7, 11) is 0. The molecule has 1 aliphatic heterocycles. The van der Waals surface area contributed by atoms with Crippen molar-refractivity contribution in [3.05, 3.63) is 34.2 Å². The van der Waals surface area contributed by atoms with Crippen LogP contribution in [-0.4, -0.2) is 51.2 Å². The maximum absolute atomic E-state index is 12.6. The number of nitrogens with one attached hydrogen (secondary N) is 2. The zero-order chi connectivity index (χ0) is 19.2. The Kier molecular flexibility index (Phi) is 6.95. The molecule has 1 unspecified atom stereocenters. The van der Waals surface area contributed by atoms with E-state index in [4.69, 9.17) is 5.11 Å². The molecule has 2 fully saturated rings. The van der Waals surface area contributed by atoms with Crippen LogP contribution in [-0.2, 0) is 11.3 Å². The zero-order valence-electron chi connectivity index (χ0n) is 15.4. The summed E-state index contributed by atoms with van der Waals surface area (Å²) in [5.74, 6) is 0.810. The summed E-state index contributed by atoms with van der Waals surface area (Å²) in [5.41, 5.74) is -0.0142. The van der Waals surface area contributed by atoms with Gasteiger partial charge in [-0.05, 0) is 37.5 Å². The van der Waals surface area contributed by atoms with Crippen LogP contribution < -0.4 is 16.2 Å². The average Bonchev–Trinajstić information content (AvgIpc) is 3.20. The number of pyridine rings is 1. The summed E-state index contributed by atoms with van der Waals surface area (Å²) in [4.78, 5) is 37.0. The molecule has 3 rings (SSSR count). The molecule has 7 nitrogen and oxygen atoms in total. The summed E-state index contributed by atoms with van der Waals surface area (Å²) < 4.78 is 1.36. The van der Waals surface area contributed by atoms with Gasteiger partial charge in [0.05, 0.1) is 11.9 Å². The number of aromatic nitrogens is 1. The molecule has 0 radical (unpaired) electrons. The van der Waals surface area contributed by atoms with E-state index in [0.29, 0.717) is 5.56 Å². The second-order valence-corrected chi connectivity index (χ2v) is 8.46. The molecule has 2 amide bonds. The van der Waals surface area contributed by atoms with Gasteiger partial charge < -0.3 is 20.3 Å². The summed E-state index contributed by atoms with van der Waals surface area (Å²) in [6.45, 7) is 0.0742. The van der Waals surface area contributed by atoms with Gasteiger partial charge in [0.15, 0.2) is 0 Å². The first-order valence-electron chi connectivity index (χ1n) is 9.62. The normalized spacial score (nSPS) is 25.1. The molecular weight excluding hydrogens is 366 g/mol. The van der Waals surface area contributed by atoms with Crippen molar-refractivity contribution in [3.63, 3.8) is 0 Å². The van der Waals surface area contributed by atoms with Crippen LogP contribution in [0.2, 0.25) is 0 Å². The SMILES string of the molecule is O=C(N[C@@H]1CCCC[C@H]1NC(=O)C1CCCS1)c1ccn(CCO)c(=O)c1. The van der Waals surface area contributed by atoms with Gasteiger partial charge in [-0.2, -0.15) is 0 Å². The maximum atomic E-state index is 12.6. The molecule has 1 saturated heterocycles. The van der Waals surface area contributed by atoms with E-state index < -0.39 is 0 Å². The highest BCUT2D eigenvalue weighted by Gasteiger charge is 2.31. The van der Waals surface area contributed by atoms with E-state index in [1.165, 1.54) is 16.8 Å². The lowest BCUT2D eigenvalue weighted by Crippen LogP contribution is -2.54. The Hall–Kier alpha value is -1.80. The van der Waals surface area contributed by atoms with Gasteiger partial charge in [0.25, 0.3) is 11.5 Å². The number of carbonyl (C=O) groups is 2. The second kappa shape index (κ2) is 9.41. The molecule has 0 spiro atoms. The molecule has 148 valence electrons. The molecule has 1 saturated carbocycles. The molecule has 3 N–H and O–H groups in total. The van der Waals surface area contributed by atoms with Crippen LogP contribution in [0.4, 0.5) is 0 Å². The number of rotatable bonds is 6. The second-order valence-electron chi connectivity index (χ2n) is 7.15. The fourth-order valence-electron chi connectivity index (χ4n) is 3.73. The first-order valence-corrected chi connectivity index (χ1v) is 10.7. The Balaban J connectivity index is 1.63. The van der Waals surface area contributed by atoms with E-state index in [0.717, 1.165) is 44.3 Å². The summed E-state index contributed by atoms with van der Waals surface area (Å²) in [5, 5.41) is 15.1. The van der Waals surface area contributed by atoms with Crippen molar-refractivity contribution < 1.29 is 14.7 Å². The Morgan fingerprint density at radius 2 is 1.89 bits per heavy atom. The fourth-order valence-corrected chi connectivity index (χ4v) is 4.90. The molecule has 0 bridgehead atoms. The average molecular weight is 394 g/mol. The van der Waals surface area contributed by atoms with E-state index in [-0.39, 0.29) is 47.9 Å². The molecule has 2 aliphatic rings. The molecule has 1 aromatic heterocycles. The lowest BCUT2D eigenvalue weighted by molar-refractivity contribution is -0.121. The first kappa shape index (κ1) is 19.9. The van der Waals surface area contributed by atoms with Crippen LogP contribution in [0, 0.1) is 0 Å². The fraction of sp³-hybridized carbons (Fsp3) is 0.632. The topological polar surface area (TPSA) is 100 Å². The predicted octanol–water partition coefficient (Wildman–Crippen LogP) is 0.893. The van der Waals surface area contributed by atoms with Gasteiger partial charge in [-0.15, -0.1) is 11.8 Å². The summed E-state index contributed by atoms with van der Waals surface area (Å²) in [6.07, 6.45) is 7.23. The Morgan fingerprint density at radius 1 is 1.15 bits per heavy atom. The molecule has 8 heteroatoms. The highest BCUT2D eigenvalue weighted by atomic mass is 32.2. The minimum absolute atomic E-state index is 0.0300. The molecule has 2 heterocycles. The number of aliphatic hydroxyl groups is 1. The van der Waals surface area contributed by atoms with Crippen LogP contribution in [0.15, 0.2) is 23.1 Å². The lowest BCUT2D eigenvalue weighted by atomic mass is 9.90. The minimum atomic E-state index is -0.316. The Morgan fingerprint density at radius 3 is 2.52 bits per heavy atom. The van der Waals surface area contributed by atoms with Gasteiger partial charge in [0.1, 0.15) is 0 Å².